The summed E-state index contributed by atoms with van der Waals surface area (Å²) < 4.78 is 59.9. The molecular formula is C6F5Ti-. The summed E-state index contributed by atoms with van der Waals surface area (Å²) in [5, 5.41) is 0. The van der Waals surface area contributed by atoms with E-state index in [9.17, 15) is 22.0 Å². The molecule has 0 heterocycles. The molecule has 0 unspecified atom stereocenters. The predicted octanol–water partition coefficient (Wildman–Crippen LogP) is 2.18. The Morgan fingerprint density at radius 3 is 1.33 bits per heavy atom. The van der Waals surface area contributed by atoms with Crippen molar-refractivity contribution in [1.82, 2.24) is 0 Å². The SMILES string of the molecule is Fc1[c-]c(F)c(F)c(F)c1F.[Ti]. The number of hydrogen-bond acceptors (Lipinski definition) is 0. The summed E-state index contributed by atoms with van der Waals surface area (Å²) in [6.45, 7) is 0. The van der Waals surface area contributed by atoms with Gasteiger partial charge < -0.3 is 0 Å². The minimum absolute atomic E-state index is 0. The van der Waals surface area contributed by atoms with Crippen molar-refractivity contribution in [2.75, 3.05) is 0 Å². The fourth-order valence-corrected chi connectivity index (χ4v) is 0.495. The molecule has 0 radical (unpaired) electrons. The molecule has 0 spiro atoms. The largest absolute Gasteiger partial charge is 0.278 e. The van der Waals surface area contributed by atoms with Crippen molar-refractivity contribution in [2.45, 2.75) is 0 Å². The molecular weight excluding hydrogens is 215 g/mol. The molecule has 0 atom stereocenters. The summed E-state index contributed by atoms with van der Waals surface area (Å²) >= 11 is 0. The second kappa shape index (κ2) is 4.00. The molecule has 0 aliphatic heterocycles. The van der Waals surface area contributed by atoms with Crippen LogP contribution in [0.3, 0.4) is 0 Å². The molecule has 0 aliphatic rings. The van der Waals surface area contributed by atoms with Crippen molar-refractivity contribution >= 4 is 0 Å². The predicted molar refractivity (Wildman–Crippen MR) is 25.1 cm³/mol. The van der Waals surface area contributed by atoms with Crippen LogP contribution in [0.15, 0.2) is 0 Å². The first-order chi connectivity index (χ1) is 5.04. The third kappa shape index (κ3) is 1.84. The number of rotatable bonds is 0. The first-order valence-corrected chi connectivity index (χ1v) is 2.44. The van der Waals surface area contributed by atoms with Gasteiger partial charge in [0.25, 0.3) is 0 Å². The number of benzene rings is 1. The van der Waals surface area contributed by atoms with Gasteiger partial charge >= 0.3 is 0 Å². The Morgan fingerprint density at radius 2 is 1.00 bits per heavy atom. The minimum atomic E-state index is -2.17. The third-order valence-electron chi connectivity index (χ3n) is 0.990. The Labute approximate surface area is 79.3 Å². The Morgan fingerprint density at radius 1 is 0.667 bits per heavy atom. The second-order valence-electron chi connectivity index (χ2n) is 1.69. The van der Waals surface area contributed by atoms with Crippen LogP contribution in [-0.4, -0.2) is 0 Å². The van der Waals surface area contributed by atoms with Crippen molar-refractivity contribution in [3.05, 3.63) is 35.2 Å². The van der Waals surface area contributed by atoms with Gasteiger partial charge in [-0.15, -0.1) is 6.07 Å². The molecule has 1 aromatic carbocycles. The maximum absolute atomic E-state index is 12.0. The zero-order valence-corrected chi connectivity index (χ0v) is 6.95. The number of hydrogen-bond donors (Lipinski definition) is 0. The molecule has 0 saturated heterocycles. The molecule has 0 saturated carbocycles. The zero-order valence-electron chi connectivity index (χ0n) is 5.39. The van der Waals surface area contributed by atoms with Gasteiger partial charge in [-0.25, -0.2) is 13.2 Å². The fraction of sp³-hybridized carbons (Fsp3) is 0. The first-order valence-electron chi connectivity index (χ1n) is 2.44. The van der Waals surface area contributed by atoms with Gasteiger partial charge in [0, 0.05) is 21.7 Å². The summed E-state index contributed by atoms with van der Waals surface area (Å²) in [5.74, 6) is -10.0. The second-order valence-corrected chi connectivity index (χ2v) is 1.69. The zero-order chi connectivity index (χ0) is 8.59. The van der Waals surface area contributed by atoms with Crippen LogP contribution < -0.4 is 0 Å². The standard InChI is InChI=1S/C6F5.Ti/c7-2-1-3(8)5(10)6(11)4(2)9;/q-1;. The third-order valence-corrected chi connectivity index (χ3v) is 0.990. The summed E-state index contributed by atoms with van der Waals surface area (Å²) in [6, 6.07) is 1.02. The maximum Gasteiger partial charge on any atom is 0.0893 e. The van der Waals surface area contributed by atoms with Gasteiger partial charge in [0.2, 0.25) is 0 Å². The molecule has 0 nitrogen and oxygen atoms in total. The van der Waals surface area contributed by atoms with Crippen molar-refractivity contribution in [1.29, 1.82) is 0 Å². The molecule has 0 aromatic heterocycles. The van der Waals surface area contributed by atoms with E-state index < -0.39 is 29.1 Å². The van der Waals surface area contributed by atoms with Gasteiger partial charge in [-0.05, 0) is 0 Å². The Balaban J connectivity index is 0.00000121. The monoisotopic (exact) mass is 215 g/mol. The normalized spacial score (nSPS) is 9.42. The first kappa shape index (κ1) is 11.6. The Hall–Kier alpha value is -0.416. The molecule has 0 N–H and O–H groups in total. The van der Waals surface area contributed by atoms with Gasteiger partial charge in [-0.3, -0.25) is 8.78 Å². The molecule has 0 amide bonds. The average Bonchev–Trinajstić information content (AvgIpc) is 1.97. The van der Waals surface area contributed by atoms with E-state index in [0.717, 1.165) is 6.07 Å². The van der Waals surface area contributed by atoms with E-state index in [0.29, 0.717) is 0 Å². The fourth-order valence-electron chi connectivity index (χ4n) is 0.495. The average molecular weight is 215 g/mol. The van der Waals surface area contributed by atoms with Gasteiger partial charge in [-0.1, -0.05) is 0 Å². The van der Waals surface area contributed by atoms with Crippen LogP contribution in [0.4, 0.5) is 22.0 Å². The van der Waals surface area contributed by atoms with E-state index in [4.69, 9.17) is 0 Å². The van der Waals surface area contributed by atoms with E-state index in [1.807, 2.05) is 0 Å². The van der Waals surface area contributed by atoms with Crippen molar-refractivity contribution < 1.29 is 43.7 Å². The maximum atomic E-state index is 12.0. The summed E-state index contributed by atoms with van der Waals surface area (Å²) in [5.41, 5.74) is 0. The quantitative estimate of drug-likeness (QED) is 0.204. The molecule has 6 heteroatoms. The van der Waals surface area contributed by atoms with Gasteiger partial charge in [-0.2, -0.15) is 0 Å². The number of halogens is 5. The van der Waals surface area contributed by atoms with Crippen LogP contribution in [0.2, 0.25) is 0 Å². The van der Waals surface area contributed by atoms with E-state index >= 15 is 0 Å². The van der Waals surface area contributed by atoms with Crippen LogP contribution in [0.1, 0.15) is 0 Å². The Bertz CT molecular complexity index is 272. The molecule has 1 rings (SSSR count). The van der Waals surface area contributed by atoms with Crippen LogP contribution in [-0.2, 0) is 21.7 Å². The molecule has 64 valence electrons. The van der Waals surface area contributed by atoms with E-state index in [1.165, 1.54) is 0 Å². The van der Waals surface area contributed by atoms with Crippen LogP contribution in [0.5, 0.6) is 0 Å². The van der Waals surface area contributed by atoms with Crippen LogP contribution in [0.25, 0.3) is 0 Å². The molecule has 0 fully saturated rings. The van der Waals surface area contributed by atoms with Gasteiger partial charge in [0.1, 0.15) is 0 Å². The van der Waals surface area contributed by atoms with Crippen LogP contribution >= 0.6 is 0 Å². The van der Waals surface area contributed by atoms with Crippen molar-refractivity contribution in [3.63, 3.8) is 0 Å². The molecule has 1 aromatic rings. The summed E-state index contributed by atoms with van der Waals surface area (Å²) in [4.78, 5) is 0. The molecule has 0 bridgehead atoms. The van der Waals surface area contributed by atoms with Crippen molar-refractivity contribution in [3.8, 4) is 0 Å². The Kier molecular flexibility index (Phi) is 3.86. The van der Waals surface area contributed by atoms with E-state index in [-0.39, 0.29) is 21.7 Å². The van der Waals surface area contributed by atoms with Gasteiger partial charge in [0.15, 0.2) is 0 Å². The summed E-state index contributed by atoms with van der Waals surface area (Å²) in [7, 11) is 0. The van der Waals surface area contributed by atoms with Crippen molar-refractivity contribution in [2.24, 2.45) is 0 Å². The smallest absolute Gasteiger partial charge is 0.0893 e. The molecule has 0 aliphatic carbocycles. The topological polar surface area (TPSA) is 0 Å². The molecule has 12 heavy (non-hydrogen) atoms. The van der Waals surface area contributed by atoms with Crippen LogP contribution in [0, 0.1) is 35.2 Å². The van der Waals surface area contributed by atoms with E-state index in [1.54, 1.807) is 0 Å². The minimum Gasteiger partial charge on any atom is -0.278 e. The van der Waals surface area contributed by atoms with Gasteiger partial charge in [0.05, 0.1) is 29.1 Å². The summed E-state index contributed by atoms with van der Waals surface area (Å²) in [6.07, 6.45) is 0. The van der Waals surface area contributed by atoms with E-state index in [2.05, 4.69) is 0 Å².